The molecule has 1 spiro atoms. The lowest BCUT2D eigenvalue weighted by atomic mass is 10.0. The van der Waals surface area contributed by atoms with Gasteiger partial charge in [-0.05, 0) is 18.9 Å². The molecule has 4 heterocycles. The molecule has 1 aromatic rings. The molecule has 0 saturated carbocycles. The maximum absolute atomic E-state index is 12.8. The van der Waals surface area contributed by atoms with E-state index in [1.54, 1.807) is 4.68 Å². The molecule has 0 aromatic carbocycles. The Bertz CT molecular complexity index is 685. The maximum atomic E-state index is 12.8. The molecule has 3 saturated heterocycles. The highest BCUT2D eigenvalue weighted by atomic mass is 16.5. The number of likely N-dealkylation sites (tertiary alicyclic amines) is 1. The van der Waals surface area contributed by atoms with Crippen LogP contribution in [0.25, 0.3) is 0 Å². The average Bonchev–Trinajstić information content (AvgIpc) is 3.22. The van der Waals surface area contributed by atoms with Gasteiger partial charge in [0.15, 0.2) is 5.72 Å². The molecule has 1 aromatic heterocycles. The minimum Gasteiger partial charge on any atom is -0.351 e. The van der Waals surface area contributed by atoms with Crippen molar-refractivity contribution in [2.45, 2.75) is 58.0 Å². The summed E-state index contributed by atoms with van der Waals surface area (Å²) in [7, 11) is 0. The summed E-state index contributed by atoms with van der Waals surface area (Å²) in [6, 6.07) is 1.83. The molecule has 0 aliphatic carbocycles. The number of hydrogen-bond acceptors (Lipinski definition) is 4. The first-order chi connectivity index (χ1) is 11.4. The third kappa shape index (κ3) is 2.10. The van der Waals surface area contributed by atoms with E-state index < -0.39 is 5.72 Å². The second-order valence-electron chi connectivity index (χ2n) is 7.44. The Hall–Kier alpha value is -1.89. The van der Waals surface area contributed by atoms with E-state index in [9.17, 15) is 9.59 Å². The van der Waals surface area contributed by atoms with Gasteiger partial charge in [-0.1, -0.05) is 13.8 Å². The van der Waals surface area contributed by atoms with E-state index in [0.29, 0.717) is 31.9 Å². The van der Waals surface area contributed by atoms with E-state index in [1.165, 1.54) is 0 Å². The molecule has 3 fully saturated rings. The van der Waals surface area contributed by atoms with E-state index in [4.69, 9.17) is 4.74 Å². The van der Waals surface area contributed by atoms with Crippen molar-refractivity contribution in [1.29, 1.82) is 0 Å². The number of aryl methyl sites for hydroxylation is 1. The highest BCUT2D eigenvalue weighted by Crippen LogP contribution is 2.48. The van der Waals surface area contributed by atoms with Gasteiger partial charge in [0.1, 0.15) is 6.54 Å². The van der Waals surface area contributed by atoms with Crippen LogP contribution in [0.3, 0.4) is 0 Å². The zero-order valence-electron chi connectivity index (χ0n) is 14.4. The van der Waals surface area contributed by atoms with Gasteiger partial charge >= 0.3 is 0 Å². The van der Waals surface area contributed by atoms with Crippen LogP contribution in [-0.4, -0.2) is 62.4 Å². The van der Waals surface area contributed by atoms with Crippen molar-refractivity contribution in [2.75, 3.05) is 13.2 Å². The number of aromatic nitrogens is 2. The first kappa shape index (κ1) is 15.6. The molecule has 2 amide bonds. The van der Waals surface area contributed by atoms with Crippen LogP contribution in [0.1, 0.15) is 32.4 Å². The number of carbonyl (C=O) groups excluding carboxylic acids is 2. The zero-order valence-corrected chi connectivity index (χ0v) is 14.4. The first-order valence-electron chi connectivity index (χ1n) is 8.68. The standard InChI is InChI=1S/C17H24N4O3/c1-11(2)13-10-24-17-5-7-20(14(17)8-15(22)21(13)17)16(23)9-19-6-4-12(3)18-19/h4,6,11,13-14H,5,7-10H2,1-3H3/t13-,14+,17-/m0/s1. The monoisotopic (exact) mass is 332 g/mol. The van der Waals surface area contributed by atoms with Gasteiger partial charge < -0.3 is 14.5 Å². The Balaban J connectivity index is 1.55. The van der Waals surface area contributed by atoms with Crippen molar-refractivity contribution >= 4 is 11.8 Å². The Morgan fingerprint density at radius 1 is 1.50 bits per heavy atom. The van der Waals surface area contributed by atoms with E-state index in [-0.39, 0.29) is 30.4 Å². The third-order valence-electron chi connectivity index (χ3n) is 5.65. The average molecular weight is 332 g/mol. The minimum atomic E-state index is -0.596. The largest absolute Gasteiger partial charge is 0.351 e. The van der Waals surface area contributed by atoms with Crippen molar-refractivity contribution < 1.29 is 14.3 Å². The van der Waals surface area contributed by atoms with Crippen LogP contribution < -0.4 is 0 Å². The van der Waals surface area contributed by atoms with Gasteiger partial charge in [0.05, 0.1) is 30.8 Å². The molecule has 7 nitrogen and oxygen atoms in total. The molecule has 0 unspecified atom stereocenters. The summed E-state index contributed by atoms with van der Waals surface area (Å²) in [5.41, 5.74) is 0.295. The normalized spacial score (nSPS) is 31.9. The molecular weight excluding hydrogens is 308 g/mol. The summed E-state index contributed by atoms with van der Waals surface area (Å²) in [6.45, 7) is 7.55. The molecule has 0 bridgehead atoms. The molecular formula is C17H24N4O3. The van der Waals surface area contributed by atoms with Gasteiger partial charge in [0.2, 0.25) is 11.8 Å². The summed E-state index contributed by atoms with van der Waals surface area (Å²) in [5, 5.41) is 4.28. The van der Waals surface area contributed by atoms with Gasteiger partial charge in [-0.2, -0.15) is 5.10 Å². The van der Waals surface area contributed by atoms with E-state index >= 15 is 0 Å². The van der Waals surface area contributed by atoms with Crippen molar-refractivity contribution in [3.05, 3.63) is 18.0 Å². The fraction of sp³-hybridized carbons (Fsp3) is 0.706. The first-order valence-corrected chi connectivity index (χ1v) is 8.68. The molecule has 3 aliphatic rings. The summed E-state index contributed by atoms with van der Waals surface area (Å²) in [5.74, 6) is 0.471. The Morgan fingerprint density at radius 2 is 2.29 bits per heavy atom. The van der Waals surface area contributed by atoms with Crippen molar-refractivity contribution in [3.63, 3.8) is 0 Å². The molecule has 4 rings (SSSR count). The van der Waals surface area contributed by atoms with Gasteiger partial charge in [-0.25, -0.2) is 0 Å². The van der Waals surface area contributed by atoms with Crippen molar-refractivity contribution in [1.82, 2.24) is 19.6 Å². The fourth-order valence-electron chi connectivity index (χ4n) is 4.45. The molecule has 0 radical (unpaired) electrons. The van der Waals surface area contributed by atoms with Gasteiger partial charge in [0, 0.05) is 19.2 Å². The smallest absolute Gasteiger partial charge is 0.244 e. The lowest BCUT2D eigenvalue weighted by Gasteiger charge is -2.34. The van der Waals surface area contributed by atoms with Crippen LogP contribution in [0, 0.1) is 12.8 Å². The van der Waals surface area contributed by atoms with Crippen LogP contribution in [0.5, 0.6) is 0 Å². The molecule has 7 heteroatoms. The predicted molar refractivity (Wildman–Crippen MR) is 85.9 cm³/mol. The third-order valence-corrected chi connectivity index (χ3v) is 5.65. The zero-order chi connectivity index (χ0) is 17.1. The van der Waals surface area contributed by atoms with Crippen molar-refractivity contribution in [3.8, 4) is 0 Å². The van der Waals surface area contributed by atoms with E-state index in [1.807, 2.05) is 29.0 Å². The van der Waals surface area contributed by atoms with Crippen LogP contribution in [0.4, 0.5) is 0 Å². The molecule has 3 atom stereocenters. The topological polar surface area (TPSA) is 67.7 Å². The second-order valence-corrected chi connectivity index (χ2v) is 7.44. The lowest BCUT2D eigenvalue weighted by molar-refractivity contribution is -0.142. The SMILES string of the molecule is Cc1ccn(CC(=O)N2CC[C@@]34OC[C@@H](C(C)C)N3C(=O)C[C@@H]24)n1. The summed E-state index contributed by atoms with van der Waals surface area (Å²) in [6.07, 6.45) is 2.88. The van der Waals surface area contributed by atoms with Gasteiger partial charge in [-0.15, -0.1) is 0 Å². The van der Waals surface area contributed by atoms with Gasteiger partial charge in [-0.3, -0.25) is 14.3 Å². The summed E-state index contributed by atoms with van der Waals surface area (Å²) < 4.78 is 7.81. The highest BCUT2D eigenvalue weighted by Gasteiger charge is 2.65. The Labute approximate surface area is 141 Å². The number of rotatable bonds is 3. The number of nitrogens with zero attached hydrogens (tertiary/aromatic N) is 4. The highest BCUT2D eigenvalue weighted by molar-refractivity contribution is 5.85. The van der Waals surface area contributed by atoms with Crippen LogP contribution in [0.2, 0.25) is 0 Å². The van der Waals surface area contributed by atoms with E-state index in [0.717, 1.165) is 5.69 Å². The van der Waals surface area contributed by atoms with Crippen LogP contribution in [-0.2, 0) is 20.9 Å². The summed E-state index contributed by atoms with van der Waals surface area (Å²) >= 11 is 0. The van der Waals surface area contributed by atoms with Crippen molar-refractivity contribution in [2.24, 2.45) is 5.92 Å². The second kappa shape index (κ2) is 5.31. The number of amides is 2. The quantitative estimate of drug-likeness (QED) is 0.820. The lowest BCUT2D eigenvalue weighted by Crippen LogP contribution is -2.51. The van der Waals surface area contributed by atoms with Crippen LogP contribution >= 0.6 is 0 Å². The Kier molecular flexibility index (Phi) is 3.46. The van der Waals surface area contributed by atoms with E-state index in [2.05, 4.69) is 18.9 Å². The maximum Gasteiger partial charge on any atom is 0.244 e. The summed E-state index contributed by atoms with van der Waals surface area (Å²) in [4.78, 5) is 29.1. The molecule has 130 valence electrons. The Morgan fingerprint density at radius 3 is 2.96 bits per heavy atom. The predicted octanol–water partition coefficient (Wildman–Crippen LogP) is 0.776. The number of hydrogen-bond donors (Lipinski definition) is 0. The number of carbonyl (C=O) groups is 2. The van der Waals surface area contributed by atoms with Gasteiger partial charge in [0.25, 0.3) is 0 Å². The minimum absolute atomic E-state index is 0.00576. The molecule has 0 N–H and O–H groups in total. The van der Waals surface area contributed by atoms with Crippen LogP contribution in [0.15, 0.2) is 12.3 Å². The number of ether oxygens (including phenoxy) is 1. The molecule has 24 heavy (non-hydrogen) atoms. The molecule has 3 aliphatic heterocycles. The fourth-order valence-corrected chi connectivity index (χ4v) is 4.45.